The first kappa shape index (κ1) is 15.2. The zero-order chi connectivity index (χ0) is 15.4. The highest BCUT2D eigenvalue weighted by atomic mass is 16.6. The number of morpholine rings is 1. The van der Waals surface area contributed by atoms with Crippen molar-refractivity contribution in [2.75, 3.05) is 26.3 Å². The molecule has 0 atom stereocenters. The predicted octanol–water partition coefficient (Wildman–Crippen LogP) is -0.211. The first-order valence-corrected chi connectivity index (χ1v) is 6.33. The van der Waals surface area contributed by atoms with Crippen LogP contribution < -0.4 is 0 Å². The number of nitro groups is 1. The van der Waals surface area contributed by atoms with Gasteiger partial charge in [0.15, 0.2) is 18.0 Å². The SMILES string of the molecule is Cn1c([N+](=O)[O-])nc(CO)c1COC(=O)N1CCOCC1. The third-order valence-corrected chi connectivity index (χ3v) is 3.19. The minimum atomic E-state index is -0.660. The van der Waals surface area contributed by atoms with E-state index >= 15 is 0 Å². The molecule has 0 unspecified atom stereocenters. The first-order valence-electron chi connectivity index (χ1n) is 6.33. The number of carbonyl (C=O) groups excluding carboxylic acids is 1. The first-order chi connectivity index (χ1) is 10.0. The number of carbonyl (C=O) groups is 1. The van der Waals surface area contributed by atoms with E-state index in [0.717, 1.165) is 0 Å². The Balaban J connectivity index is 2.05. The Bertz CT molecular complexity index is 537. The number of aromatic nitrogens is 2. The number of ether oxygens (including phenoxy) is 2. The van der Waals surface area contributed by atoms with Crippen LogP contribution in [-0.2, 0) is 29.7 Å². The second kappa shape index (κ2) is 6.50. The number of amides is 1. The molecule has 1 aromatic heterocycles. The topological polar surface area (TPSA) is 120 Å². The molecule has 1 aliphatic heterocycles. The lowest BCUT2D eigenvalue weighted by Crippen LogP contribution is -2.41. The summed E-state index contributed by atoms with van der Waals surface area (Å²) in [4.78, 5) is 27.2. The summed E-state index contributed by atoms with van der Waals surface area (Å²) in [5.41, 5.74) is 0.421. The molecular weight excluding hydrogens is 284 g/mol. The molecule has 10 heteroatoms. The molecule has 1 aliphatic rings. The summed E-state index contributed by atoms with van der Waals surface area (Å²) >= 11 is 0. The Morgan fingerprint density at radius 2 is 2.19 bits per heavy atom. The summed E-state index contributed by atoms with van der Waals surface area (Å²) in [7, 11) is 1.43. The maximum atomic E-state index is 11.8. The van der Waals surface area contributed by atoms with Crippen LogP contribution in [0.4, 0.5) is 10.7 Å². The van der Waals surface area contributed by atoms with Crippen molar-refractivity contribution in [2.24, 2.45) is 7.05 Å². The number of aliphatic hydroxyl groups excluding tert-OH is 1. The van der Waals surface area contributed by atoms with Crippen LogP contribution in [0.3, 0.4) is 0 Å². The smallest absolute Gasteiger partial charge is 0.435 e. The average molecular weight is 300 g/mol. The van der Waals surface area contributed by atoms with Crippen molar-refractivity contribution >= 4 is 12.0 Å². The zero-order valence-electron chi connectivity index (χ0n) is 11.5. The van der Waals surface area contributed by atoms with Crippen LogP contribution in [0.25, 0.3) is 0 Å². The van der Waals surface area contributed by atoms with Gasteiger partial charge >= 0.3 is 12.0 Å². The van der Waals surface area contributed by atoms with Gasteiger partial charge in [0, 0.05) is 13.1 Å². The molecule has 2 rings (SSSR count). The van der Waals surface area contributed by atoms with Gasteiger partial charge in [-0.2, -0.15) is 0 Å². The fraction of sp³-hybridized carbons (Fsp3) is 0.636. The third-order valence-electron chi connectivity index (χ3n) is 3.19. The molecular formula is C11H16N4O6. The van der Waals surface area contributed by atoms with E-state index < -0.39 is 23.6 Å². The van der Waals surface area contributed by atoms with Gasteiger partial charge in [0.05, 0.1) is 20.3 Å². The van der Waals surface area contributed by atoms with Gasteiger partial charge in [0.2, 0.25) is 0 Å². The lowest BCUT2D eigenvalue weighted by Gasteiger charge is -2.25. The van der Waals surface area contributed by atoms with Crippen LogP contribution in [0.1, 0.15) is 11.4 Å². The molecule has 0 saturated carbocycles. The summed E-state index contributed by atoms with van der Waals surface area (Å²) in [6.45, 7) is 1.13. The molecule has 0 aromatic carbocycles. The molecule has 0 aliphatic carbocycles. The van der Waals surface area contributed by atoms with Gasteiger partial charge in [-0.15, -0.1) is 0 Å². The van der Waals surface area contributed by atoms with Crippen molar-refractivity contribution in [1.82, 2.24) is 14.5 Å². The quantitative estimate of drug-likeness (QED) is 0.603. The van der Waals surface area contributed by atoms with Crippen molar-refractivity contribution in [3.8, 4) is 0 Å². The Labute approximate surface area is 120 Å². The molecule has 21 heavy (non-hydrogen) atoms. The summed E-state index contributed by atoms with van der Waals surface area (Å²) in [6.07, 6.45) is -0.522. The molecule has 10 nitrogen and oxygen atoms in total. The second-order valence-corrected chi connectivity index (χ2v) is 4.43. The molecule has 0 bridgehead atoms. The van der Waals surface area contributed by atoms with Crippen molar-refractivity contribution in [1.29, 1.82) is 0 Å². The van der Waals surface area contributed by atoms with Crippen LogP contribution in [-0.4, -0.2) is 56.9 Å². The third kappa shape index (κ3) is 3.28. The molecule has 116 valence electrons. The summed E-state index contributed by atoms with van der Waals surface area (Å²) in [5.74, 6) is -0.406. The van der Waals surface area contributed by atoms with Gasteiger partial charge in [-0.05, 0) is 4.92 Å². The van der Waals surface area contributed by atoms with Crippen molar-refractivity contribution in [2.45, 2.75) is 13.2 Å². The van der Waals surface area contributed by atoms with Gasteiger partial charge in [-0.1, -0.05) is 4.98 Å². The summed E-state index contributed by atoms with van der Waals surface area (Å²) < 4.78 is 11.4. The van der Waals surface area contributed by atoms with Crippen LogP contribution in [0.15, 0.2) is 0 Å². The summed E-state index contributed by atoms with van der Waals surface area (Å²) in [5, 5.41) is 20.0. The zero-order valence-corrected chi connectivity index (χ0v) is 11.5. The standard InChI is InChI=1S/C11H16N4O6/c1-13-9(8(6-16)12-10(13)15(18)19)7-21-11(17)14-2-4-20-5-3-14/h16H,2-7H2,1H3. The van der Waals surface area contributed by atoms with Crippen LogP contribution in [0.2, 0.25) is 0 Å². The maximum Gasteiger partial charge on any atom is 0.435 e. The largest absolute Gasteiger partial charge is 0.441 e. The Morgan fingerprint density at radius 1 is 1.52 bits per heavy atom. The number of aliphatic hydroxyl groups is 1. The van der Waals surface area contributed by atoms with E-state index in [1.54, 1.807) is 0 Å². The van der Waals surface area contributed by atoms with E-state index in [1.807, 2.05) is 0 Å². The molecule has 1 N–H and O–H groups in total. The van der Waals surface area contributed by atoms with Crippen LogP contribution >= 0.6 is 0 Å². The Hall–Kier alpha value is -2.20. The lowest BCUT2D eigenvalue weighted by atomic mass is 10.3. The predicted molar refractivity (Wildman–Crippen MR) is 68.4 cm³/mol. The van der Waals surface area contributed by atoms with Crippen LogP contribution in [0, 0.1) is 10.1 Å². The van der Waals surface area contributed by atoms with E-state index in [0.29, 0.717) is 32.0 Å². The number of nitrogens with zero attached hydrogens (tertiary/aromatic N) is 4. The maximum absolute atomic E-state index is 11.8. The second-order valence-electron chi connectivity index (χ2n) is 4.43. The average Bonchev–Trinajstić information content (AvgIpc) is 2.82. The monoisotopic (exact) mass is 300 g/mol. The molecule has 1 amide bonds. The molecule has 0 spiro atoms. The number of rotatable bonds is 4. The minimum Gasteiger partial charge on any atom is -0.441 e. The molecule has 1 aromatic rings. The van der Waals surface area contributed by atoms with E-state index in [4.69, 9.17) is 9.47 Å². The highest BCUT2D eigenvalue weighted by molar-refractivity contribution is 5.67. The molecule has 2 heterocycles. The van der Waals surface area contributed by atoms with Crippen molar-refractivity contribution in [3.63, 3.8) is 0 Å². The lowest BCUT2D eigenvalue weighted by molar-refractivity contribution is -0.396. The highest BCUT2D eigenvalue weighted by Gasteiger charge is 2.26. The molecule has 1 saturated heterocycles. The van der Waals surface area contributed by atoms with Gasteiger partial charge in [-0.3, -0.25) is 0 Å². The van der Waals surface area contributed by atoms with Gasteiger partial charge in [-0.25, -0.2) is 9.36 Å². The highest BCUT2D eigenvalue weighted by Crippen LogP contribution is 2.18. The fourth-order valence-electron chi connectivity index (χ4n) is 2.01. The van der Waals surface area contributed by atoms with E-state index in [2.05, 4.69) is 4.98 Å². The number of hydrogen-bond donors (Lipinski definition) is 1. The number of hydrogen-bond acceptors (Lipinski definition) is 7. The fourth-order valence-corrected chi connectivity index (χ4v) is 2.01. The molecule has 0 radical (unpaired) electrons. The van der Waals surface area contributed by atoms with Gasteiger partial charge in [0.1, 0.15) is 6.61 Å². The Kier molecular flexibility index (Phi) is 4.70. The Morgan fingerprint density at radius 3 is 2.76 bits per heavy atom. The normalized spacial score (nSPS) is 15.0. The van der Waals surface area contributed by atoms with E-state index in [1.165, 1.54) is 16.5 Å². The summed E-state index contributed by atoms with van der Waals surface area (Å²) in [6, 6.07) is 0. The number of imidazole rings is 1. The van der Waals surface area contributed by atoms with E-state index in [9.17, 15) is 20.0 Å². The van der Waals surface area contributed by atoms with Crippen LogP contribution in [0.5, 0.6) is 0 Å². The van der Waals surface area contributed by atoms with Crippen molar-refractivity contribution in [3.05, 3.63) is 21.5 Å². The van der Waals surface area contributed by atoms with E-state index in [-0.39, 0.29) is 12.3 Å². The van der Waals surface area contributed by atoms with Gasteiger partial charge < -0.3 is 29.6 Å². The minimum absolute atomic E-state index is 0.124. The van der Waals surface area contributed by atoms with Crippen molar-refractivity contribution < 1.29 is 24.3 Å². The van der Waals surface area contributed by atoms with Gasteiger partial charge in [0.25, 0.3) is 0 Å². The molecule has 1 fully saturated rings.